The molecule has 0 radical (unpaired) electrons. The first-order chi connectivity index (χ1) is 6.98. The quantitative estimate of drug-likeness (QED) is 0.685. The highest BCUT2D eigenvalue weighted by Gasteiger charge is 2.32. The van der Waals surface area contributed by atoms with E-state index in [-0.39, 0.29) is 23.3 Å². The average Bonchev–Trinajstić information content (AvgIpc) is 2.71. The van der Waals surface area contributed by atoms with Crippen LogP contribution in [0.15, 0.2) is 11.8 Å². The van der Waals surface area contributed by atoms with Crippen LogP contribution in [-0.4, -0.2) is 43.7 Å². The maximum Gasteiger partial charge on any atom is 0.157 e. The maximum absolute atomic E-state index is 11.3. The fraction of sp³-hybridized carbons (Fsp3) is 0.700. The number of allylic oxidation sites excluding steroid dienone is 2. The lowest BCUT2D eigenvalue weighted by Crippen LogP contribution is -2.31. The van der Waals surface area contributed by atoms with Crippen LogP contribution in [0.4, 0.5) is 0 Å². The molecule has 0 N–H and O–H groups in total. The average molecular weight is 229 g/mol. The second-order valence-corrected chi connectivity index (χ2v) is 6.50. The van der Waals surface area contributed by atoms with Crippen molar-refractivity contribution < 1.29 is 13.2 Å². The molecule has 0 bridgehead atoms. The van der Waals surface area contributed by atoms with Crippen LogP contribution in [0.2, 0.25) is 0 Å². The Bertz CT molecular complexity index is 410. The van der Waals surface area contributed by atoms with E-state index in [1.807, 2.05) is 11.9 Å². The normalized spacial score (nSPS) is 29.3. The van der Waals surface area contributed by atoms with E-state index in [2.05, 4.69) is 0 Å². The van der Waals surface area contributed by atoms with Gasteiger partial charge in [0.2, 0.25) is 0 Å². The summed E-state index contributed by atoms with van der Waals surface area (Å²) in [5.41, 5.74) is 0.988. The van der Waals surface area contributed by atoms with E-state index in [9.17, 15) is 13.2 Å². The van der Waals surface area contributed by atoms with Crippen LogP contribution in [0.1, 0.15) is 19.3 Å². The number of hydrogen-bond donors (Lipinski definition) is 0. The first-order valence-electron chi connectivity index (χ1n) is 5.14. The molecular formula is C10H15NO3S. The zero-order chi connectivity index (χ0) is 11.1. The van der Waals surface area contributed by atoms with Crippen LogP contribution in [0.25, 0.3) is 0 Å². The van der Waals surface area contributed by atoms with Gasteiger partial charge < -0.3 is 4.90 Å². The van der Waals surface area contributed by atoms with Crippen LogP contribution in [0.3, 0.4) is 0 Å². The number of rotatable bonds is 2. The summed E-state index contributed by atoms with van der Waals surface area (Å²) < 4.78 is 22.6. The van der Waals surface area contributed by atoms with Gasteiger partial charge in [0.25, 0.3) is 0 Å². The zero-order valence-corrected chi connectivity index (χ0v) is 9.59. The molecule has 0 aromatic heterocycles. The maximum atomic E-state index is 11.3. The van der Waals surface area contributed by atoms with Crippen LogP contribution in [0.5, 0.6) is 0 Å². The molecule has 5 heteroatoms. The first kappa shape index (κ1) is 10.7. The van der Waals surface area contributed by atoms with Crippen molar-refractivity contribution in [2.45, 2.75) is 25.3 Å². The van der Waals surface area contributed by atoms with Gasteiger partial charge >= 0.3 is 0 Å². The Hall–Kier alpha value is -0.840. The van der Waals surface area contributed by atoms with E-state index in [1.54, 1.807) is 6.08 Å². The van der Waals surface area contributed by atoms with E-state index >= 15 is 0 Å². The third-order valence-electron chi connectivity index (χ3n) is 3.16. The molecule has 0 aromatic carbocycles. The molecule has 0 amide bonds. The number of hydrogen-bond acceptors (Lipinski definition) is 4. The lowest BCUT2D eigenvalue weighted by atomic mass is 10.2. The lowest BCUT2D eigenvalue weighted by Gasteiger charge is -2.26. The SMILES string of the molecule is CN(C1=CC(=O)CC1)C1CCS(=O)(=O)C1. The number of sulfone groups is 1. The van der Waals surface area contributed by atoms with Gasteiger partial charge in [-0.05, 0) is 12.8 Å². The van der Waals surface area contributed by atoms with Crippen molar-refractivity contribution >= 4 is 15.6 Å². The van der Waals surface area contributed by atoms with Crippen molar-refractivity contribution in [3.63, 3.8) is 0 Å². The monoisotopic (exact) mass is 229 g/mol. The molecule has 84 valence electrons. The lowest BCUT2D eigenvalue weighted by molar-refractivity contribution is -0.114. The van der Waals surface area contributed by atoms with Crippen LogP contribution >= 0.6 is 0 Å². The minimum atomic E-state index is -2.84. The molecule has 1 unspecified atom stereocenters. The van der Waals surface area contributed by atoms with E-state index in [1.165, 1.54) is 0 Å². The Morgan fingerprint density at radius 2 is 2.13 bits per heavy atom. The molecule has 2 rings (SSSR count). The van der Waals surface area contributed by atoms with Crippen molar-refractivity contribution in [1.82, 2.24) is 4.90 Å². The Kier molecular flexibility index (Phi) is 2.58. The summed E-state index contributed by atoms with van der Waals surface area (Å²) in [7, 11) is -0.953. The molecule has 1 atom stereocenters. The molecule has 15 heavy (non-hydrogen) atoms. The van der Waals surface area contributed by atoms with E-state index in [0.29, 0.717) is 12.8 Å². The van der Waals surface area contributed by atoms with Crippen molar-refractivity contribution in [2.75, 3.05) is 18.6 Å². The number of nitrogens with zero attached hydrogens (tertiary/aromatic N) is 1. The van der Waals surface area contributed by atoms with Gasteiger partial charge in [-0.25, -0.2) is 8.42 Å². The molecule has 0 spiro atoms. The molecule has 1 heterocycles. The summed E-state index contributed by atoms with van der Waals surface area (Å²) in [6.45, 7) is 0. The zero-order valence-electron chi connectivity index (χ0n) is 8.77. The van der Waals surface area contributed by atoms with Gasteiger partial charge in [-0.3, -0.25) is 4.79 Å². The largest absolute Gasteiger partial charge is 0.374 e. The highest BCUT2D eigenvalue weighted by molar-refractivity contribution is 7.91. The highest BCUT2D eigenvalue weighted by Crippen LogP contribution is 2.25. The topological polar surface area (TPSA) is 54.5 Å². The van der Waals surface area contributed by atoms with Crippen molar-refractivity contribution in [3.8, 4) is 0 Å². The second kappa shape index (κ2) is 3.63. The Morgan fingerprint density at radius 3 is 2.60 bits per heavy atom. The molecule has 4 nitrogen and oxygen atoms in total. The molecule has 2 aliphatic rings. The number of carbonyl (C=O) groups is 1. The third kappa shape index (κ3) is 2.22. The van der Waals surface area contributed by atoms with E-state index in [4.69, 9.17) is 0 Å². The molecule has 0 aromatic rings. The highest BCUT2D eigenvalue weighted by atomic mass is 32.2. The van der Waals surface area contributed by atoms with Crippen molar-refractivity contribution in [3.05, 3.63) is 11.8 Å². The third-order valence-corrected chi connectivity index (χ3v) is 4.91. The fourth-order valence-corrected chi connectivity index (χ4v) is 3.95. The van der Waals surface area contributed by atoms with E-state index < -0.39 is 9.84 Å². The van der Waals surface area contributed by atoms with Crippen LogP contribution in [0, 0.1) is 0 Å². The van der Waals surface area contributed by atoms with Gasteiger partial charge in [-0.1, -0.05) is 0 Å². The minimum absolute atomic E-state index is 0.0622. The van der Waals surface area contributed by atoms with Gasteiger partial charge in [0.15, 0.2) is 15.6 Å². The summed E-state index contributed by atoms with van der Waals surface area (Å²) in [6, 6.07) is 0.0622. The van der Waals surface area contributed by atoms with Gasteiger partial charge in [-0.15, -0.1) is 0 Å². The Morgan fingerprint density at radius 1 is 1.40 bits per heavy atom. The summed E-state index contributed by atoms with van der Waals surface area (Å²) in [5.74, 6) is 0.663. The predicted octanol–water partition coefficient (Wildman–Crippen LogP) is 0.352. The Labute approximate surface area is 89.9 Å². The van der Waals surface area contributed by atoms with Gasteiger partial charge in [-0.2, -0.15) is 0 Å². The molecule has 0 saturated carbocycles. The molecule has 1 saturated heterocycles. The van der Waals surface area contributed by atoms with Gasteiger partial charge in [0.05, 0.1) is 11.5 Å². The molecule has 1 aliphatic carbocycles. The summed E-state index contributed by atoms with van der Waals surface area (Å²) in [4.78, 5) is 13.0. The van der Waals surface area contributed by atoms with Crippen molar-refractivity contribution in [2.24, 2.45) is 0 Å². The predicted molar refractivity (Wildman–Crippen MR) is 57.1 cm³/mol. The number of ketones is 1. The number of carbonyl (C=O) groups excluding carboxylic acids is 1. The molecule has 1 aliphatic heterocycles. The Balaban J connectivity index is 2.07. The van der Waals surface area contributed by atoms with E-state index in [0.717, 1.165) is 12.1 Å². The molecular weight excluding hydrogens is 214 g/mol. The smallest absolute Gasteiger partial charge is 0.157 e. The molecule has 1 fully saturated rings. The van der Waals surface area contributed by atoms with Gasteiger partial charge in [0, 0.05) is 31.3 Å². The minimum Gasteiger partial charge on any atom is -0.374 e. The van der Waals surface area contributed by atoms with Crippen molar-refractivity contribution in [1.29, 1.82) is 0 Å². The standard InChI is InChI=1S/C10H15NO3S/c1-11(8-2-3-10(12)6-8)9-4-5-15(13,14)7-9/h6,9H,2-5,7H2,1H3. The van der Waals surface area contributed by atoms with Crippen LogP contribution in [-0.2, 0) is 14.6 Å². The summed E-state index contributed by atoms with van der Waals surface area (Å²) in [5, 5.41) is 0. The second-order valence-electron chi connectivity index (χ2n) is 4.27. The first-order valence-corrected chi connectivity index (χ1v) is 6.97. The van der Waals surface area contributed by atoms with Crippen LogP contribution < -0.4 is 0 Å². The fourth-order valence-electron chi connectivity index (χ4n) is 2.17. The summed E-state index contributed by atoms with van der Waals surface area (Å²) >= 11 is 0. The summed E-state index contributed by atoms with van der Waals surface area (Å²) in [6.07, 6.45) is 3.65. The van der Waals surface area contributed by atoms with Gasteiger partial charge in [0.1, 0.15) is 0 Å².